The number of carboxylic acids is 3. The molecule has 0 bridgehead atoms. The molecular formula is C6H8MoO7. The summed E-state index contributed by atoms with van der Waals surface area (Å²) in [5.41, 5.74) is -2.74. The van der Waals surface area contributed by atoms with Gasteiger partial charge in [0.1, 0.15) is 0 Å². The molecule has 80 valence electrons. The Bertz CT molecular complexity index is 233. The van der Waals surface area contributed by atoms with E-state index in [1.807, 2.05) is 0 Å². The van der Waals surface area contributed by atoms with Gasteiger partial charge < -0.3 is 20.4 Å². The van der Waals surface area contributed by atoms with Gasteiger partial charge in [-0.25, -0.2) is 4.79 Å². The molecule has 4 N–H and O–H groups in total. The van der Waals surface area contributed by atoms with E-state index in [2.05, 4.69) is 0 Å². The van der Waals surface area contributed by atoms with Crippen molar-refractivity contribution in [1.82, 2.24) is 0 Å². The van der Waals surface area contributed by atoms with Crippen LogP contribution in [0.4, 0.5) is 0 Å². The van der Waals surface area contributed by atoms with Crippen LogP contribution in [0.5, 0.6) is 0 Å². The fourth-order valence-corrected chi connectivity index (χ4v) is 0.714. The molecule has 0 saturated heterocycles. The summed E-state index contributed by atoms with van der Waals surface area (Å²) in [6.45, 7) is 0. The average molecular weight is 288 g/mol. The summed E-state index contributed by atoms with van der Waals surface area (Å²) in [5.74, 6) is -5.02. The summed E-state index contributed by atoms with van der Waals surface area (Å²) in [4.78, 5) is 30.5. The smallest absolute Gasteiger partial charge is 0.336 e. The third kappa shape index (κ3) is 4.93. The first-order chi connectivity index (χ1) is 5.78. The Hall–Kier alpha value is -0.942. The maximum atomic E-state index is 10.3. The predicted molar refractivity (Wildman–Crippen MR) is 37.1 cm³/mol. The normalized spacial score (nSPS) is 10.1. The molecule has 0 unspecified atom stereocenters. The van der Waals surface area contributed by atoms with Gasteiger partial charge in [0, 0.05) is 21.1 Å². The van der Waals surface area contributed by atoms with Crippen molar-refractivity contribution in [2.45, 2.75) is 18.4 Å². The fraction of sp³-hybridized carbons (Fsp3) is 0.500. The third-order valence-electron chi connectivity index (χ3n) is 1.29. The fourth-order valence-electron chi connectivity index (χ4n) is 0.714. The minimum absolute atomic E-state index is 0. The molecule has 0 aromatic rings. The summed E-state index contributed by atoms with van der Waals surface area (Å²) in [7, 11) is 0. The van der Waals surface area contributed by atoms with E-state index in [4.69, 9.17) is 20.4 Å². The van der Waals surface area contributed by atoms with Crippen LogP contribution in [0.2, 0.25) is 0 Å². The summed E-state index contributed by atoms with van der Waals surface area (Å²) in [6, 6.07) is 0. The van der Waals surface area contributed by atoms with Crippen LogP contribution in [-0.4, -0.2) is 43.9 Å². The Labute approximate surface area is 92.6 Å². The van der Waals surface area contributed by atoms with E-state index >= 15 is 0 Å². The molecule has 0 amide bonds. The Morgan fingerprint density at radius 3 is 1.36 bits per heavy atom. The van der Waals surface area contributed by atoms with E-state index in [-0.39, 0.29) is 21.1 Å². The standard InChI is InChI=1S/C6H8O7.Mo/c7-3(8)1-6(13,5(11)12)2-4(9)10;/h13H,1-2H2,(H,7,8)(H,9,10)(H,11,12);. The monoisotopic (exact) mass is 290 g/mol. The van der Waals surface area contributed by atoms with Gasteiger partial charge >= 0.3 is 17.9 Å². The zero-order valence-corrected chi connectivity index (χ0v) is 8.84. The van der Waals surface area contributed by atoms with Gasteiger partial charge in [0.05, 0.1) is 12.8 Å². The number of aliphatic hydroxyl groups is 1. The SMILES string of the molecule is O=C(O)CC(O)(CC(=O)O)C(=O)O.[Mo]. The first-order valence-electron chi connectivity index (χ1n) is 3.17. The predicted octanol–water partition coefficient (Wildman–Crippen LogP) is -1.25. The minimum Gasteiger partial charge on any atom is -0.481 e. The van der Waals surface area contributed by atoms with Crippen LogP contribution in [0, 0.1) is 0 Å². The van der Waals surface area contributed by atoms with Crippen LogP contribution in [-0.2, 0) is 35.4 Å². The van der Waals surface area contributed by atoms with Crippen LogP contribution in [0.15, 0.2) is 0 Å². The second-order valence-corrected chi connectivity index (χ2v) is 2.48. The second-order valence-electron chi connectivity index (χ2n) is 2.48. The van der Waals surface area contributed by atoms with Crippen LogP contribution in [0.3, 0.4) is 0 Å². The van der Waals surface area contributed by atoms with Crippen LogP contribution >= 0.6 is 0 Å². The van der Waals surface area contributed by atoms with Crippen molar-refractivity contribution in [3.8, 4) is 0 Å². The van der Waals surface area contributed by atoms with Gasteiger partial charge in [0.15, 0.2) is 5.60 Å². The van der Waals surface area contributed by atoms with E-state index in [0.29, 0.717) is 0 Å². The zero-order chi connectivity index (χ0) is 10.6. The molecule has 0 spiro atoms. The minimum atomic E-state index is -2.74. The largest absolute Gasteiger partial charge is 0.481 e. The molecule has 0 heterocycles. The summed E-state index contributed by atoms with van der Waals surface area (Å²) in [6.07, 6.45) is -2.29. The van der Waals surface area contributed by atoms with E-state index < -0.39 is 36.4 Å². The maximum Gasteiger partial charge on any atom is 0.336 e. The third-order valence-corrected chi connectivity index (χ3v) is 1.29. The molecule has 0 saturated carbocycles. The van der Waals surface area contributed by atoms with Crippen molar-refractivity contribution in [3.05, 3.63) is 0 Å². The van der Waals surface area contributed by atoms with E-state index in [1.54, 1.807) is 0 Å². The topological polar surface area (TPSA) is 132 Å². The summed E-state index contributed by atoms with van der Waals surface area (Å²) >= 11 is 0. The van der Waals surface area contributed by atoms with Gasteiger partial charge in [-0.05, 0) is 0 Å². The Balaban J connectivity index is 0. The molecule has 7 nitrogen and oxygen atoms in total. The average Bonchev–Trinajstić information content (AvgIpc) is 1.82. The first kappa shape index (κ1) is 15.5. The van der Waals surface area contributed by atoms with Crippen molar-refractivity contribution < 1.29 is 55.9 Å². The van der Waals surface area contributed by atoms with Crippen molar-refractivity contribution in [1.29, 1.82) is 0 Å². The number of aliphatic carboxylic acids is 3. The molecule has 14 heavy (non-hydrogen) atoms. The molecule has 0 radical (unpaired) electrons. The molecule has 8 heteroatoms. The Morgan fingerprint density at radius 1 is 0.929 bits per heavy atom. The van der Waals surface area contributed by atoms with E-state index in [1.165, 1.54) is 0 Å². The van der Waals surface area contributed by atoms with Gasteiger partial charge in [-0.1, -0.05) is 0 Å². The van der Waals surface area contributed by atoms with Gasteiger partial charge in [-0.15, -0.1) is 0 Å². The van der Waals surface area contributed by atoms with Crippen LogP contribution in [0.25, 0.3) is 0 Å². The molecular weight excluding hydrogens is 280 g/mol. The number of hydrogen-bond donors (Lipinski definition) is 4. The maximum absolute atomic E-state index is 10.3. The van der Waals surface area contributed by atoms with Crippen molar-refractivity contribution >= 4 is 17.9 Å². The van der Waals surface area contributed by atoms with E-state index in [9.17, 15) is 14.4 Å². The second kappa shape index (κ2) is 5.72. The summed E-state index contributed by atoms with van der Waals surface area (Å²) in [5, 5.41) is 33.8. The quantitative estimate of drug-likeness (QED) is 0.464. The van der Waals surface area contributed by atoms with Gasteiger partial charge in [0.2, 0.25) is 0 Å². The molecule has 0 aromatic carbocycles. The molecule has 0 aromatic heterocycles. The molecule has 0 aliphatic heterocycles. The number of hydrogen-bond acceptors (Lipinski definition) is 4. The van der Waals surface area contributed by atoms with Crippen molar-refractivity contribution in [3.63, 3.8) is 0 Å². The molecule has 0 atom stereocenters. The number of rotatable bonds is 5. The van der Waals surface area contributed by atoms with Crippen molar-refractivity contribution in [2.75, 3.05) is 0 Å². The van der Waals surface area contributed by atoms with Crippen LogP contribution in [0.1, 0.15) is 12.8 Å². The van der Waals surface area contributed by atoms with Gasteiger partial charge in [-0.2, -0.15) is 0 Å². The van der Waals surface area contributed by atoms with E-state index in [0.717, 1.165) is 0 Å². The van der Waals surface area contributed by atoms with Gasteiger partial charge in [-0.3, -0.25) is 9.59 Å². The Morgan fingerprint density at radius 2 is 1.21 bits per heavy atom. The molecule has 0 aliphatic rings. The van der Waals surface area contributed by atoms with Gasteiger partial charge in [0.25, 0.3) is 0 Å². The molecule has 0 fully saturated rings. The van der Waals surface area contributed by atoms with Crippen LogP contribution < -0.4 is 0 Å². The number of carbonyl (C=O) groups is 3. The zero-order valence-electron chi connectivity index (χ0n) is 6.84. The molecule has 0 rings (SSSR count). The molecule has 0 aliphatic carbocycles. The number of carboxylic acid groups (broad SMARTS) is 3. The first-order valence-corrected chi connectivity index (χ1v) is 3.17. The van der Waals surface area contributed by atoms with Crippen molar-refractivity contribution in [2.24, 2.45) is 0 Å². The summed E-state index contributed by atoms with van der Waals surface area (Å²) < 4.78 is 0. The Kier molecular flexibility index (Phi) is 6.34.